The third-order valence-electron chi connectivity index (χ3n) is 0.425. The van der Waals surface area contributed by atoms with E-state index in [0.29, 0.717) is 6.26 Å². The highest BCUT2D eigenvalue weighted by atomic mass is 32.2. The maximum Gasteiger partial charge on any atom is 0.261 e. The average Bonchev–Trinajstić information content (AvgIpc) is 2.07. The first-order valence-electron chi connectivity index (χ1n) is 2.40. The highest BCUT2D eigenvalue weighted by molar-refractivity contribution is 7.85. The van der Waals surface area contributed by atoms with Crippen molar-refractivity contribution >= 4 is 21.5 Å². The van der Waals surface area contributed by atoms with Gasteiger partial charge in [0.15, 0.2) is 0 Å². The van der Waals surface area contributed by atoms with Crippen LogP contribution in [0.1, 0.15) is 0 Å². The molecular weight excluding hydrogens is 172 g/mol. The van der Waals surface area contributed by atoms with Crippen LogP contribution in [-0.4, -0.2) is 19.2 Å². The summed E-state index contributed by atoms with van der Waals surface area (Å²) in [6.45, 7) is 0. The van der Waals surface area contributed by atoms with Crippen LogP contribution in [0.2, 0.25) is 0 Å². The van der Waals surface area contributed by atoms with Crippen molar-refractivity contribution in [2.24, 2.45) is 0 Å². The van der Waals surface area contributed by atoms with E-state index in [0.717, 1.165) is 0 Å². The van der Waals surface area contributed by atoms with Crippen LogP contribution in [0.4, 0.5) is 0 Å². The van der Waals surface area contributed by atoms with Gasteiger partial charge in [-0.2, -0.15) is 19.8 Å². The zero-order valence-corrected chi connectivity index (χ0v) is 7.02. The van der Waals surface area contributed by atoms with Crippen molar-refractivity contribution in [1.29, 1.82) is 0 Å². The highest BCUT2D eigenvalue weighted by Crippen LogP contribution is 1.91. The molecule has 3 nitrogen and oxygen atoms in total. The van der Waals surface area contributed by atoms with E-state index in [1.807, 2.05) is 22.9 Å². The van der Waals surface area contributed by atoms with Crippen molar-refractivity contribution < 1.29 is 13.0 Å². The van der Waals surface area contributed by atoms with Crippen LogP contribution < -0.4 is 0 Å². The largest absolute Gasteiger partial charge is 0.286 e. The van der Waals surface area contributed by atoms with Gasteiger partial charge in [-0.15, -0.1) is 0 Å². The van der Waals surface area contributed by atoms with Crippen molar-refractivity contribution in [3.8, 4) is 0 Å². The Balaban J connectivity index is 0.000000162. The average molecular weight is 180 g/mol. The Morgan fingerprint density at radius 1 is 1.30 bits per heavy atom. The summed E-state index contributed by atoms with van der Waals surface area (Å²) in [6, 6.07) is 4.04. The van der Waals surface area contributed by atoms with Crippen molar-refractivity contribution in [3.05, 3.63) is 22.9 Å². The monoisotopic (exact) mass is 180 g/mol. The second kappa shape index (κ2) is 4.43. The van der Waals surface area contributed by atoms with Gasteiger partial charge in [0, 0.05) is 0 Å². The molecule has 1 N–H and O–H groups in total. The van der Waals surface area contributed by atoms with E-state index >= 15 is 0 Å². The summed E-state index contributed by atoms with van der Waals surface area (Å²) in [5, 5.41) is 4.08. The maximum absolute atomic E-state index is 9.19. The van der Waals surface area contributed by atoms with E-state index in [1.165, 1.54) is 0 Å². The van der Waals surface area contributed by atoms with Gasteiger partial charge in [0.2, 0.25) is 0 Å². The Kier molecular flexibility index (Phi) is 4.26. The van der Waals surface area contributed by atoms with Crippen molar-refractivity contribution in [3.63, 3.8) is 0 Å². The molecule has 1 aromatic rings. The Hall–Kier alpha value is -0.390. The summed E-state index contributed by atoms with van der Waals surface area (Å²) in [6.07, 6.45) is 0.715. The third-order valence-corrected chi connectivity index (χ3v) is 1.05. The molecule has 1 rings (SSSR count). The molecule has 0 aliphatic rings. The molecule has 0 fully saturated rings. The van der Waals surface area contributed by atoms with E-state index in [4.69, 9.17) is 4.55 Å². The minimum absolute atomic E-state index is 0.715. The molecule has 0 saturated heterocycles. The first-order chi connectivity index (χ1) is 4.50. The molecule has 10 heavy (non-hydrogen) atoms. The second-order valence-electron chi connectivity index (χ2n) is 1.53. The van der Waals surface area contributed by atoms with Gasteiger partial charge >= 0.3 is 0 Å². The molecule has 0 aliphatic carbocycles. The summed E-state index contributed by atoms with van der Waals surface area (Å²) in [5.41, 5.74) is 0. The number of thiophene rings is 1. The minimum atomic E-state index is -3.67. The van der Waals surface area contributed by atoms with E-state index < -0.39 is 10.1 Å². The molecule has 0 atom stereocenters. The zero-order chi connectivity index (χ0) is 8.04. The van der Waals surface area contributed by atoms with Crippen molar-refractivity contribution in [2.75, 3.05) is 6.26 Å². The molecule has 5 heteroatoms. The maximum atomic E-state index is 9.19. The van der Waals surface area contributed by atoms with Crippen LogP contribution in [0.5, 0.6) is 0 Å². The van der Waals surface area contributed by atoms with Gasteiger partial charge in [0.1, 0.15) is 0 Å². The Morgan fingerprint density at radius 3 is 1.70 bits per heavy atom. The summed E-state index contributed by atoms with van der Waals surface area (Å²) in [4.78, 5) is 0. The van der Waals surface area contributed by atoms with Crippen molar-refractivity contribution in [1.82, 2.24) is 0 Å². The first-order valence-corrected chi connectivity index (χ1v) is 5.19. The summed E-state index contributed by atoms with van der Waals surface area (Å²) in [5.74, 6) is 0. The summed E-state index contributed by atoms with van der Waals surface area (Å²) >= 11 is 1.71. The fraction of sp³-hybridized carbons (Fsp3) is 0.200. The van der Waals surface area contributed by atoms with E-state index in [-0.39, 0.29) is 0 Å². The lowest BCUT2D eigenvalue weighted by atomic mass is 10.7. The smallest absolute Gasteiger partial charge is 0.261 e. The van der Waals surface area contributed by atoms with Crippen LogP contribution in [-0.2, 0) is 10.1 Å². The van der Waals surface area contributed by atoms with Gasteiger partial charge in [-0.05, 0) is 10.8 Å². The lowest BCUT2D eigenvalue weighted by Gasteiger charge is -1.69. The Labute approximate surface area is 64.1 Å². The molecule has 0 amide bonds. The molecule has 0 aromatic carbocycles. The third kappa shape index (κ3) is 15.6. The summed E-state index contributed by atoms with van der Waals surface area (Å²) < 4.78 is 25.9. The lowest BCUT2D eigenvalue weighted by Crippen LogP contribution is -1.88. The van der Waals surface area contributed by atoms with Crippen LogP contribution in [0.25, 0.3) is 0 Å². The van der Waals surface area contributed by atoms with Crippen LogP contribution in [0, 0.1) is 0 Å². The van der Waals surface area contributed by atoms with Gasteiger partial charge in [-0.3, -0.25) is 4.55 Å². The van der Waals surface area contributed by atoms with Gasteiger partial charge in [0.05, 0.1) is 6.26 Å². The molecular formula is C5H8O3S2. The fourth-order valence-electron chi connectivity index (χ4n) is 0.227. The normalized spacial score (nSPS) is 9.80. The lowest BCUT2D eigenvalue weighted by molar-refractivity contribution is 0.490. The number of rotatable bonds is 0. The molecule has 0 spiro atoms. The molecule has 0 bridgehead atoms. The molecule has 1 heterocycles. The fourth-order valence-corrected chi connectivity index (χ4v) is 0.680. The molecule has 0 aliphatic heterocycles. The van der Waals surface area contributed by atoms with Crippen LogP contribution in [0.3, 0.4) is 0 Å². The Bertz CT molecular complexity index is 211. The summed E-state index contributed by atoms with van der Waals surface area (Å²) in [7, 11) is -3.67. The predicted molar refractivity (Wildman–Crippen MR) is 41.8 cm³/mol. The molecule has 0 saturated carbocycles. The first kappa shape index (κ1) is 9.61. The predicted octanol–water partition coefficient (Wildman–Crippen LogP) is 1.25. The van der Waals surface area contributed by atoms with E-state index in [2.05, 4.69) is 0 Å². The van der Waals surface area contributed by atoms with E-state index in [1.54, 1.807) is 11.3 Å². The quantitative estimate of drug-likeness (QED) is 0.611. The van der Waals surface area contributed by atoms with Gasteiger partial charge in [0.25, 0.3) is 10.1 Å². The standard InChI is InChI=1S/C4H4S.CH4O3S/c1-2-4-5-3-1;1-5(2,3)4/h1-4H;1H3,(H,2,3,4). The van der Waals surface area contributed by atoms with Gasteiger partial charge in [-0.1, -0.05) is 12.1 Å². The second-order valence-corrected chi connectivity index (χ2v) is 3.81. The molecule has 0 radical (unpaired) electrons. The molecule has 58 valence electrons. The number of hydrogen-bond donors (Lipinski definition) is 1. The van der Waals surface area contributed by atoms with Gasteiger partial charge in [-0.25, -0.2) is 0 Å². The number of hydrogen-bond acceptors (Lipinski definition) is 3. The van der Waals surface area contributed by atoms with Gasteiger partial charge < -0.3 is 0 Å². The zero-order valence-electron chi connectivity index (χ0n) is 5.39. The minimum Gasteiger partial charge on any atom is -0.286 e. The van der Waals surface area contributed by atoms with Crippen LogP contribution >= 0.6 is 11.3 Å². The van der Waals surface area contributed by atoms with E-state index in [9.17, 15) is 8.42 Å². The molecule has 1 aromatic heterocycles. The highest BCUT2D eigenvalue weighted by Gasteiger charge is 1.81. The Morgan fingerprint density at radius 2 is 1.60 bits per heavy atom. The topological polar surface area (TPSA) is 54.4 Å². The van der Waals surface area contributed by atoms with Crippen LogP contribution in [0.15, 0.2) is 22.9 Å². The van der Waals surface area contributed by atoms with Crippen molar-refractivity contribution in [2.45, 2.75) is 0 Å². The molecule has 0 unspecified atom stereocenters. The SMILES string of the molecule is CS(=O)(=O)O.c1ccsc1.